The molecule has 0 saturated carbocycles. The van der Waals surface area contributed by atoms with Gasteiger partial charge in [-0.2, -0.15) is 0 Å². The molecular formula is C14H17NO. The Hall–Kier alpha value is -1.30. The number of aliphatic hydroxyl groups is 1. The SMILES string of the molecule is C#CCN(C)C1CC(O)Cc2ccccc21. The fraction of sp³-hybridized carbons (Fsp3) is 0.429. The van der Waals surface area contributed by atoms with Crippen LogP contribution in [0.25, 0.3) is 0 Å². The Morgan fingerprint density at radius 3 is 3.00 bits per heavy atom. The molecule has 0 saturated heterocycles. The van der Waals surface area contributed by atoms with E-state index >= 15 is 0 Å². The van der Waals surface area contributed by atoms with Crippen LogP contribution in [0.15, 0.2) is 24.3 Å². The predicted octanol–water partition coefficient (Wildman–Crippen LogP) is 1.60. The van der Waals surface area contributed by atoms with Crippen LogP contribution < -0.4 is 0 Å². The number of fused-ring (bicyclic) bond motifs is 1. The van der Waals surface area contributed by atoms with Gasteiger partial charge in [-0.1, -0.05) is 30.2 Å². The molecule has 84 valence electrons. The maximum atomic E-state index is 9.87. The second kappa shape index (κ2) is 4.69. The van der Waals surface area contributed by atoms with Crippen LogP contribution in [-0.4, -0.2) is 29.7 Å². The molecule has 0 amide bonds. The molecule has 0 aliphatic heterocycles. The first-order valence-electron chi connectivity index (χ1n) is 5.62. The summed E-state index contributed by atoms with van der Waals surface area (Å²) in [4.78, 5) is 2.13. The largest absolute Gasteiger partial charge is 0.393 e. The standard InChI is InChI=1S/C14H17NO/c1-3-8-15(2)14-10-12(16)9-11-6-4-5-7-13(11)14/h1,4-7,12,14,16H,8-10H2,2H3. The van der Waals surface area contributed by atoms with E-state index in [4.69, 9.17) is 6.42 Å². The summed E-state index contributed by atoms with van der Waals surface area (Å²) in [6.07, 6.45) is 6.62. The van der Waals surface area contributed by atoms with E-state index in [1.165, 1.54) is 11.1 Å². The van der Waals surface area contributed by atoms with E-state index in [1.54, 1.807) is 0 Å². The van der Waals surface area contributed by atoms with E-state index in [0.29, 0.717) is 6.54 Å². The van der Waals surface area contributed by atoms with Gasteiger partial charge in [0, 0.05) is 6.04 Å². The Labute approximate surface area is 96.9 Å². The number of benzene rings is 1. The van der Waals surface area contributed by atoms with Gasteiger partial charge in [0.25, 0.3) is 0 Å². The summed E-state index contributed by atoms with van der Waals surface area (Å²) in [5.74, 6) is 2.65. The molecule has 2 rings (SSSR count). The summed E-state index contributed by atoms with van der Waals surface area (Å²) in [6, 6.07) is 8.55. The average molecular weight is 215 g/mol. The molecule has 0 heterocycles. The molecule has 0 bridgehead atoms. The fourth-order valence-corrected chi connectivity index (χ4v) is 2.44. The third-order valence-electron chi connectivity index (χ3n) is 3.24. The van der Waals surface area contributed by atoms with Crippen LogP contribution in [0.5, 0.6) is 0 Å². The van der Waals surface area contributed by atoms with Crippen molar-refractivity contribution in [2.75, 3.05) is 13.6 Å². The summed E-state index contributed by atoms with van der Waals surface area (Å²) in [5, 5.41) is 9.87. The molecule has 1 aromatic carbocycles. The lowest BCUT2D eigenvalue weighted by Crippen LogP contribution is -2.33. The number of hydrogen-bond acceptors (Lipinski definition) is 2. The molecule has 0 aromatic heterocycles. The Bertz CT molecular complexity index is 407. The topological polar surface area (TPSA) is 23.5 Å². The molecule has 2 nitrogen and oxygen atoms in total. The Morgan fingerprint density at radius 1 is 1.50 bits per heavy atom. The molecule has 0 radical (unpaired) electrons. The van der Waals surface area contributed by atoms with Gasteiger partial charge in [0.1, 0.15) is 0 Å². The normalized spacial score (nSPS) is 23.9. The molecule has 0 spiro atoms. The van der Waals surface area contributed by atoms with E-state index in [9.17, 15) is 5.11 Å². The van der Waals surface area contributed by atoms with Crippen molar-refractivity contribution in [3.05, 3.63) is 35.4 Å². The van der Waals surface area contributed by atoms with Crippen LogP contribution in [-0.2, 0) is 6.42 Å². The van der Waals surface area contributed by atoms with E-state index < -0.39 is 0 Å². The minimum Gasteiger partial charge on any atom is -0.393 e. The first kappa shape index (κ1) is 11.2. The summed E-state index contributed by atoms with van der Waals surface area (Å²) in [5.41, 5.74) is 2.56. The first-order chi connectivity index (χ1) is 7.72. The quantitative estimate of drug-likeness (QED) is 0.757. The van der Waals surface area contributed by atoms with Gasteiger partial charge < -0.3 is 5.11 Å². The van der Waals surface area contributed by atoms with Crippen molar-refractivity contribution < 1.29 is 5.11 Å². The summed E-state index contributed by atoms with van der Waals surface area (Å²) >= 11 is 0. The molecule has 0 fully saturated rings. The van der Waals surface area contributed by atoms with Crippen LogP contribution in [0.1, 0.15) is 23.6 Å². The van der Waals surface area contributed by atoms with Crippen molar-refractivity contribution in [1.29, 1.82) is 0 Å². The lowest BCUT2D eigenvalue weighted by atomic mass is 9.85. The van der Waals surface area contributed by atoms with Crippen LogP contribution >= 0.6 is 0 Å². The van der Waals surface area contributed by atoms with Crippen molar-refractivity contribution in [3.8, 4) is 12.3 Å². The van der Waals surface area contributed by atoms with Gasteiger partial charge in [-0.05, 0) is 31.0 Å². The first-order valence-corrected chi connectivity index (χ1v) is 5.62. The van der Waals surface area contributed by atoms with Crippen molar-refractivity contribution in [2.24, 2.45) is 0 Å². The zero-order chi connectivity index (χ0) is 11.5. The number of rotatable bonds is 2. The van der Waals surface area contributed by atoms with E-state index in [-0.39, 0.29) is 12.1 Å². The molecule has 16 heavy (non-hydrogen) atoms. The monoisotopic (exact) mass is 215 g/mol. The predicted molar refractivity (Wildman–Crippen MR) is 65.0 cm³/mol. The fourth-order valence-electron chi connectivity index (χ4n) is 2.44. The van der Waals surface area contributed by atoms with Crippen LogP contribution in [0.3, 0.4) is 0 Å². The highest BCUT2D eigenvalue weighted by atomic mass is 16.3. The van der Waals surface area contributed by atoms with Gasteiger partial charge in [0.05, 0.1) is 12.6 Å². The molecule has 2 heteroatoms. The van der Waals surface area contributed by atoms with Gasteiger partial charge >= 0.3 is 0 Å². The number of terminal acetylenes is 1. The molecule has 2 unspecified atom stereocenters. The minimum atomic E-state index is -0.250. The smallest absolute Gasteiger partial charge is 0.0601 e. The highest BCUT2D eigenvalue weighted by Crippen LogP contribution is 2.33. The van der Waals surface area contributed by atoms with Crippen molar-refractivity contribution >= 4 is 0 Å². The van der Waals surface area contributed by atoms with E-state index in [0.717, 1.165) is 12.8 Å². The van der Waals surface area contributed by atoms with E-state index in [1.807, 2.05) is 19.2 Å². The zero-order valence-corrected chi connectivity index (χ0v) is 9.56. The Kier molecular flexibility index (Phi) is 3.28. The third-order valence-corrected chi connectivity index (χ3v) is 3.24. The van der Waals surface area contributed by atoms with Crippen LogP contribution in [0, 0.1) is 12.3 Å². The number of nitrogens with zero attached hydrogens (tertiary/aromatic N) is 1. The maximum absolute atomic E-state index is 9.87. The Morgan fingerprint density at radius 2 is 2.25 bits per heavy atom. The summed E-state index contributed by atoms with van der Waals surface area (Å²) < 4.78 is 0. The average Bonchev–Trinajstić information content (AvgIpc) is 2.28. The highest BCUT2D eigenvalue weighted by molar-refractivity contribution is 5.33. The van der Waals surface area contributed by atoms with Crippen LogP contribution in [0.2, 0.25) is 0 Å². The molecule has 2 atom stereocenters. The van der Waals surface area contributed by atoms with E-state index in [2.05, 4.69) is 23.0 Å². The molecule has 1 N–H and O–H groups in total. The van der Waals surface area contributed by atoms with Gasteiger partial charge in [-0.25, -0.2) is 0 Å². The second-order valence-electron chi connectivity index (χ2n) is 4.43. The van der Waals surface area contributed by atoms with Crippen molar-refractivity contribution in [1.82, 2.24) is 4.90 Å². The second-order valence-corrected chi connectivity index (χ2v) is 4.43. The molecule has 1 aliphatic rings. The lowest BCUT2D eigenvalue weighted by molar-refractivity contribution is 0.107. The lowest BCUT2D eigenvalue weighted by Gasteiger charge is -2.34. The van der Waals surface area contributed by atoms with Crippen molar-refractivity contribution in [3.63, 3.8) is 0 Å². The number of hydrogen-bond donors (Lipinski definition) is 1. The molecule has 1 aromatic rings. The van der Waals surface area contributed by atoms with Crippen LogP contribution in [0.4, 0.5) is 0 Å². The van der Waals surface area contributed by atoms with Gasteiger partial charge in [-0.3, -0.25) is 4.90 Å². The van der Waals surface area contributed by atoms with Gasteiger partial charge in [0.2, 0.25) is 0 Å². The third kappa shape index (κ3) is 2.11. The highest BCUT2D eigenvalue weighted by Gasteiger charge is 2.27. The van der Waals surface area contributed by atoms with Gasteiger partial charge in [0.15, 0.2) is 0 Å². The maximum Gasteiger partial charge on any atom is 0.0601 e. The summed E-state index contributed by atoms with van der Waals surface area (Å²) in [6.45, 7) is 0.617. The molecule has 1 aliphatic carbocycles. The van der Waals surface area contributed by atoms with Gasteiger partial charge in [-0.15, -0.1) is 6.42 Å². The minimum absolute atomic E-state index is 0.246. The number of aliphatic hydroxyl groups excluding tert-OH is 1. The Balaban J connectivity index is 2.30. The zero-order valence-electron chi connectivity index (χ0n) is 9.56. The molecular weight excluding hydrogens is 198 g/mol. The van der Waals surface area contributed by atoms with Crippen molar-refractivity contribution in [2.45, 2.75) is 25.0 Å². The summed E-state index contributed by atoms with van der Waals surface area (Å²) in [7, 11) is 2.01.